The van der Waals surface area contributed by atoms with Crippen molar-refractivity contribution in [3.05, 3.63) is 41.9 Å². The van der Waals surface area contributed by atoms with Crippen LogP contribution >= 0.6 is 0 Å². The summed E-state index contributed by atoms with van der Waals surface area (Å²) < 4.78 is 1.75. The molecule has 2 N–H and O–H groups in total. The Bertz CT molecular complexity index is 784. The van der Waals surface area contributed by atoms with Gasteiger partial charge in [0.1, 0.15) is 5.82 Å². The summed E-state index contributed by atoms with van der Waals surface area (Å²) in [6, 6.07) is 3.27. The van der Waals surface area contributed by atoms with Crippen LogP contribution in [0.15, 0.2) is 30.7 Å². The van der Waals surface area contributed by atoms with Gasteiger partial charge < -0.3 is 15.3 Å². The topological polar surface area (TPSA) is 83.3 Å². The van der Waals surface area contributed by atoms with Crippen molar-refractivity contribution in [2.24, 2.45) is 0 Å². The number of hydrogen-bond donors (Lipinski definition) is 2. The molecule has 4 rings (SSSR count). The molecular formula is C19H25N5O2. The number of carbonyl (C=O) groups excluding carboxylic acids is 1. The van der Waals surface area contributed by atoms with E-state index in [1.54, 1.807) is 23.1 Å². The number of piperidine rings is 1. The lowest BCUT2D eigenvalue weighted by atomic mass is 9.83. The van der Waals surface area contributed by atoms with Crippen molar-refractivity contribution < 1.29 is 9.90 Å². The minimum Gasteiger partial charge on any atom is -0.391 e. The Hall–Kier alpha value is -2.41. The molecule has 138 valence electrons. The van der Waals surface area contributed by atoms with Gasteiger partial charge in [0.2, 0.25) is 0 Å². The molecule has 0 bridgehead atoms. The second-order valence-corrected chi connectivity index (χ2v) is 7.29. The number of aliphatic hydroxyl groups is 1. The van der Waals surface area contributed by atoms with Crippen LogP contribution in [0.4, 0.5) is 5.82 Å². The normalized spacial score (nSPS) is 25.6. The van der Waals surface area contributed by atoms with Gasteiger partial charge in [-0.2, -0.15) is 5.10 Å². The quantitative estimate of drug-likeness (QED) is 0.872. The lowest BCUT2D eigenvalue weighted by Gasteiger charge is -2.42. The number of carbonyl (C=O) groups is 1. The van der Waals surface area contributed by atoms with Crippen molar-refractivity contribution >= 4 is 11.7 Å². The predicted molar refractivity (Wildman–Crippen MR) is 98.2 cm³/mol. The molecule has 3 atom stereocenters. The largest absolute Gasteiger partial charge is 0.391 e. The first kappa shape index (κ1) is 17.0. The SMILES string of the molecule is Cc1cnn([C@H]2[C@H](O)C[C@@H]2NC(=O)c2cccnc2N2CCCCC2)c1. The zero-order chi connectivity index (χ0) is 18.1. The fraction of sp³-hybridized carbons (Fsp3) is 0.526. The molecule has 1 saturated carbocycles. The molecule has 3 heterocycles. The van der Waals surface area contributed by atoms with Gasteiger partial charge in [0.15, 0.2) is 0 Å². The Morgan fingerprint density at radius 1 is 1.31 bits per heavy atom. The number of amides is 1. The summed E-state index contributed by atoms with van der Waals surface area (Å²) >= 11 is 0. The maximum Gasteiger partial charge on any atom is 0.255 e. The van der Waals surface area contributed by atoms with Crippen molar-refractivity contribution in [1.82, 2.24) is 20.1 Å². The number of anilines is 1. The van der Waals surface area contributed by atoms with Crippen molar-refractivity contribution in [2.75, 3.05) is 18.0 Å². The molecule has 7 heteroatoms. The lowest BCUT2D eigenvalue weighted by molar-refractivity contribution is -0.00589. The number of nitrogens with zero attached hydrogens (tertiary/aromatic N) is 4. The van der Waals surface area contributed by atoms with Crippen LogP contribution in [0.3, 0.4) is 0 Å². The molecule has 26 heavy (non-hydrogen) atoms. The molecule has 2 aromatic rings. The van der Waals surface area contributed by atoms with E-state index >= 15 is 0 Å². The number of rotatable bonds is 4. The van der Waals surface area contributed by atoms with Crippen LogP contribution < -0.4 is 10.2 Å². The Labute approximate surface area is 153 Å². The van der Waals surface area contributed by atoms with E-state index < -0.39 is 6.10 Å². The molecule has 0 aromatic carbocycles. The van der Waals surface area contributed by atoms with Gasteiger partial charge in [-0.1, -0.05) is 0 Å². The predicted octanol–water partition coefficient (Wildman–Crippen LogP) is 1.68. The molecule has 2 fully saturated rings. The number of nitrogens with one attached hydrogen (secondary N) is 1. The minimum absolute atomic E-state index is 0.133. The third-order valence-electron chi connectivity index (χ3n) is 5.34. The summed E-state index contributed by atoms with van der Waals surface area (Å²) in [7, 11) is 0. The molecular weight excluding hydrogens is 330 g/mol. The minimum atomic E-state index is -0.491. The van der Waals surface area contributed by atoms with Crippen molar-refractivity contribution in [2.45, 2.75) is 50.8 Å². The van der Waals surface area contributed by atoms with Crippen LogP contribution in [-0.4, -0.2) is 51.0 Å². The van der Waals surface area contributed by atoms with Gasteiger partial charge in [-0.15, -0.1) is 0 Å². The standard InChI is InChI=1S/C19H25N5O2/c1-13-11-21-24(12-13)17-15(10-16(17)25)22-19(26)14-6-5-7-20-18(14)23-8-3-2-4-9-23/h5-7,11-12,15-17,25H,2-4,8-10H2,1H3,(H,22,26)/t15-,16+,17+/m0/s1. The van der Waals surface area contributed by atoms with E-state index in [0.29, 0.717) is 12.0 Å². The van der Waals surface area contributed by atoms with Gasteiger partial charge in [-0.3, -0.25) is 9.48 Å². The van der Waals surface area contributed by atoms with Gasteiger partial charge in [0.05, 0.1) is 29.9 Å². The monoisotopic (exact) mass is 355 g/mol. The first-order valence-corrected chi connectivity index (χ1v) is 9.33. The molecule has 2 aliphatic rings. The fourth-order valence-corrected chi connectivity index (χ4v) is 3.89. The van der Waals surface area contributed by atoms with Crippen molar-refractivity contribution in [3.63, 3.8) is 0 Å². The van der Waals surface area contributed by atoms with Crippen molar-refractivity contribution in [3.8, 4) is 0 Å². The van der Waals surface area contributed by atoms with Crippen LogP contribution in [0, 0.1) is 6.92 Å². The van der Waals surface area contributed by atoms with E-state index in [2.05, 4.69) is 20.3 Å². The van der Waals surface area contributed by atoms with E-state index in [1.165, 1.54) is 6.42 Å². The van der Waals surface area contributed by atoms with Crippen LogP contribution in [0.2, 0.25) is 0 Å². The first-order valence-electron chi connectivity index (χ1n) is 9.33. The number of aliphatic hydroxyl groups excluding tert-OH is 1. The maximum atomic E-state index is 12.9. The van der Waals surface area contributed by atoms with Crippen LogP contribution in [0.5, 0.6) is 0 Å². The van der Waals surface area contributed by atoms with Crippen LogP contribution in [0.25, 0.3) is 0 Å². The van der Waals surface area contributed by atoms with E-state index in [1.807, 2.05) is 19.2 Å². The Morgan fingerprint density at radius 2 is 2.12 bits per heavy atom. The summed E-state index contributed by atoms with van der Waals surface area (Å²) in [6.07, 6.45) is 8.94. The highest BCUT2D eigenvalue weighted by Gasteiger charge is 2.43. The maximum absolute atomic E-state index is 12.9. The summed E-state index contributed by atoms with van der Waals surface area (Å²) in [5.74, 6) is 0.625. The molecule has 1 saturated heterocycles. The number of aryl methyl sites for hydroxylation is 1. The van der Waals surface area contributed by atoms with Gasteiger partial charge in [-0.05, 0) is 50.3 Å². The summed E-state index contributed by atoms with van der Waals surface area (Å²) in [5, 5.41) is 17.5. The zero-order valence-electron chi connectivity index (χ0n) is 15.0. The molecule has 0 unspecified atom stereocenters. The van der Waals surface area contributed by atoms with E-state index in [-0.39, 0.29) is 18.0 Å². The summed E-state index contributed by atoms with van der Waals surface area (Å²) in [5.41, 5.74) is 1.64. The van der Waals surface area contributed by atoms with Crippen LogP contribution in [-0.2, 0) is 0 Å². The number of hydrogen-bond acceptors (Lipinski definition) is 5. The summed E-state index contributed by atoms with van der Waals surface area (Å²) in [4.78, 5) is 19.6. The second-order valence-electron chi connectivity index (χ2n) is 7.29. The molecule has 0 radical (unpaired) electrons. The second kappa shape index (κ2) is 7.07. The van der Waals surface area contributed by atoms with Crippen LogP contribution in [0.1, 0.15) is 47.6 Å². The van der Waals surface area contributed by atoms with E-state index in [9.17, 15) is 9.90 Å². The molecule has 2 aromatic heterocycles. The summed E-state index contributed by atoms with van der Waals surface area (Å²) in [6.45, 7) is 3.84. The number of aromatic nitrogens is 3. The molecule has 0 spiro atoms. The molecule has 7 nitrogen and oxygen atoms in total. The highest BCUT2D eigenvalue weighted by molar-refractivity contribution is 5.99. The lowest BCUT2D eigenvalue weighted by Crippen LogP contribution is -2.56. The molecule has 1 aliphatic carbocycles. The highest BCUT2D eigenvalue weighted by atomic mass is 16.3. The Balaban J connectivity index is 1.50. The average molecular weight is 355 g/mol. The van der Waals surface area contributed by atoms with Gasteiger partial charge >= 0.3 is 0 Å². The Kier molecular flexibility index (Phi) is 4.63. The first-order chi connectivity index (χ1) is 12.6. The van der Waals surface area contributed by atoms with Gasteiger partial charge in [0.25, 0.3) is 5.91 Å². The zero-order valence-corrected chi connectivity index (χ0v) is 15.0. The molecule has 1 amide bonds. The fourth-order valence-electron chi connectivity index (χ4n) is 3.89. The van der Waals surface area contributed by atoms with Gasteiger partial charge in [-0.25, -0.2) is 4.98 Å². The van der Waals surface area contributed by atoms with E-state index in [0.717, 1.165) is 37.3 Å². The third-order valence-corrected chi connectivity index (χ3v) is 5.34. The Morgan fingerprint density at radius 3 is 2.81 bits per heavy atom. The van der Waals surface area contributed by atoms with E-state index in [4.69, 9.17) is 0 Å². The smallest absolute Gasteiger partial charge is 0.255 e. The number of pyridine rings is 1. The third kappa shape index (κ3) is 3.19. The van der Waals surface area contributed by atoms with Gasteiger partial charge in [0, 0.05) is 25.5 Å². The average Bonchev–Trinajstić information content (AvgIpc) is 3.07. The highest BCUT2D eigenvalue weighted by Crippen LogP contribution is 2.33. The molecule has 1 aliphatic heterocycles. The van der Waals surface area contributed by atoms with Crippen molar-refractivity contribution in [1.29, 1.82) is 0 Å².